The Hall–Kier alpha value is -2.37. The van der Waals surface area contributed by atoms with Gasteiger partial charge in [-0.05, 0) is 37.7 Å². The molecule has 0 spiro atoms. The molecular weight excluding hydrogens is 459 g/mol. The minimum Gasteiger partial charge on any atom is -0.493 e. The fourth-order valence-corrected chi connectivity index (χ4v) is 4.02. The van der Waals surface area contributed by atoms with E-state index in [-0.39, 0.29) is 6.54 Å². The predicted molar refractivity (Wildman–Crippen MR) is 120 cm³/mol. The number of aromatic nitrogens is 1. The largest absolute Gasteiger partial charge is 0.493 e. The number of thiazole rings is 1. The molecule has 0 aliphatic rings. The summed E-state index contributed by atoms with van der Waals surface area (Å²) in [6.07, 6.45) is -6.24. The predicted octanol–water partition coefficient (Wildman–Crippen LogP) is 3.64. The van der Waals surface area contributed by atoms with Crippen molar-refractivity contribution in [2.24, 2.45) is 0 Å². The highest BCUT2D eigenvalue weighted by atomic mass is 32.1. The normalized spacial score (nSPS) is 13.6. The first-order valence-electron chi connectivity index (χ1n) is 10.5. The molecule has 0 saturated carbocycles. The zero-order chi connectivity index (χ0) is 24.6. The van der Waals surface area contributed by atoms with Crippen molar-refractivity contribution in [3.05, 3.63) is 39.8 Å². The third-order valence-electron chi connectivity index (χ3n) is 5.14. The maximum Gasteiger partial charge on any atom is 0.424 e. The first-order chi connectivity index (χ1) is 15.5. The van der Waals surface area contributed by atoms with Gasteiger partial charge in [0.05, 0.1) is 13.5 Å². The molecule has 2 N–H and O–H groups in total. The number of ether oxygens (including phenoxy) is 2. The fraction of sp³-hybridized carbons (Fsp3) is 0.545. The molecule has 1 atom stereocenters. The Morgan fingerprint density at radius 2 is 1.94 bits per heavy atom. The number of carbonyl (C=O) groups excluding carboxylic acids is 1. The summed E-state index contributed by atoms with van der Waals surface area (Å²) in [7, 11) is 1.48. The molecule has 1 unspecified atom stereocenters. The van der Waals surface area contributed by atoms with Crippen molar-refractivity contribution in [2.75, 3.05) is 33.4 Å². The number of hydrogen-bond donors (Lipinski definition) is 2. The van der Waals surface area contributed by atoms with Crippen LogP contribution in [-0.4, -0.2) is 60.4 Å². The first kappa shape index (κ1) is 26.9. The lowest BCUT2D eigenvalue weighted by Crippen LogP contribution is -2.46. The van der Waals surface area contributed by atoms with Crippen LogP contribution in [0.5, 0.6) is 11.5 Å². The molecule has 0 bridgehead atoms. The molecular formula is C22H30F3N3O4S. The maximum atomic E-state index is 13.6. The van der Waals surface area contributed by atoms with Crippen molar-refractivity contribution in [3.8, 4) is 11.5 Å². The zero-order valence-electron chi connectivity index (χ0n) is 19.2. The number of nitrogens with one attached hydrogen (secondary N) is 1. The van der Waals surface area contributed by atoms with E-state index in [4.69, 9.17) is 9.47 Å². The summed E-state index contributed by atoms with van der Waals surface area (Å²) in [5.74, 6) is 0.0258. The van der Waals surface area contributed by atoms with Crippen LogP contribution in [0.15, 0.2) is 23.6 Å². The Kier molecular flexibility index (Phi) is 9.50. The van der Waals surface area contributed by atoms with Crippen molar-refractivity contribution >= 4 is 17.2 Å². The number of aliphatic hydroxyl groups is 1. The van der Waals surface area contributed by atoms with E-state index < -0.39 is 29.1 Å². The molecule has 33 heavy (non-hydrogen) atoms. The molecule has 1 aromatic carbocycles. The van der Waals surface area contributed by atoms with Crippen LogP contribution in [0.1, 0.15) is 36.5 Å². The van der Waals surface area contributed by atoms with E-state index in [2.05, 4.69) is 29.0 Å². The van der Waals surface area contributed by atoms with Gasteiger partial charge < -0.3 is 24.8 Å². The van der Waals surface area contributed by atoms with Crippen molar-refractivity contribution in [3.63, 3.8) is 0 Å². The van der Waals surface area contributed by atoms with E-state index in [0.717, 1.165) is 19.6 Å². The van der Waals surface area contributed by atoms with Gasteiger partial charge in [0.15, 0.2) is 11.5 Å². The highest BCUT2D eigenvalue weighted by Crippen LogP contribution is 2.42. The van der Waals surface area contributed by atoms with Crippen LogP contribution < -0.4 is 14.8 Å². The second kappa shape index (κ2) is 11.7. The van der Waals surface area contributed by atoms with Crippen molar-refractivity contribution in [1.82, 2.24) is 15.2 Å². The summed E-state index contributed by atoms with van der Waals surface area (Å²) in [5, 5.41) is 13.6. The molecule has 0 fully saturated rings. The van der Waals surface area contributed by atoms with Crippen LogP contribution in [0.4, 0.5) is 13.2 Å². The van der Waals surface area contributed by atoms with E-state index in [1.54, 1.807) is 18.2 Å². The monoisotopic (exact) mass is 489 g/mol. The van der Waals surface area contributed by atoms with Gasteiger partial charge in [0.25, 0.3) is 0 Å². The highest BCUT2D eigenvalue weighted by Gasteiger charge is 2.58. The van der Waals surface area contributed by atoms with Crippen LogP contribution in [0.25, 0.3) is 0 Å². The Labute approximate surface area is 195 Å². The lowest BCUT2D eigenvalue weighted by Gasteiger charge is -2.27. The molecule has 1 heterocycles. The van der Waals surface area contributed by atoms with Gasteiger partial charge in [-0.1, -0.05) is 19.9 Å². The number of benzene rings is 1. The molecule has 0 saturated heterocycles. The lowest BCUT2D eigenvalue weighted by molar-refractivity contribution is -0.267. The summed E-state index contributed by atoms with van der Waals surface area (Å²) in [6.45, 7) is 8.68. The number of likely N-dealkylation sites (N-methyl/N-ethyl adjacent to an activating group) is 1. The number of rotatable bonds is 12. The van der Waals surface area contributed by atoms with Gasteiger partial charge >= 0.3 is 6.18 Å². The van der Waals surface area contributed by atoms with E-state index >= 15 is 0 Å². The second-order valence-corrected chi connectivity index (χ2v) is 8.32. The minimum absolute atomic E-state index is 0.0419. The number of hydrogen-bond acceptors (Lipinski definition) is 7. The van der Waals surface area contributed by atoms with Gasteiger partial charge in [0, 0.05) is 24.2 Å². The Bertz CT molecular complexity index is 919. The molecule has 0 radical (unpaired) electrons. The van der Waals surface area contributed by atoms with Gasteiger partial charge in [0.1, 0.15) is 11.6 Å². The lowest BCUT2D eigenvalue weighted by atomic mass is 9.99. The van der Waals surface area contributed by atoms with Gasteiger partial charge in [-0.15, -0.1) is 11.3 Å². The number of halogens is 3. The summed E-state index contributed by atoms with van der Waals surface area (Å²) < 4.78 is 51.8. The van der Waals surface area contributed by atoms with Crippen LogP contribution in [0.2, 0.25) is 0 Å². The zero-order valence-corrected chi connectivity index (χ0v) is 20.0. The summed E-state index contributed by atoms with van der Waals surface area (Å²) in [6, 6.07) is 5.02. The quantitative estimate of drug-likeness (QED) is 0.474. The number of carbonyl (C=O) groups is 1. The van der Waals surface area contributed by atoms with Crippen LogP contribution in [-0.2, 0) is 16.9 Å². The molecule has 0 aliphatic heterocycles. The van der Waals surface area contributed by atoms with Crippen molar-refractivity contribution in [1.29, 1.82) is 0 Å². The molecule has 11 heteroatoms. The summed E-state index contributed by atoms with van der Waals surface area (Å²) in [5.41, 5.74) is -2.41. The van der Waals surface area contributed by atoms with E-state index in [9.17, 15) is 23.1 Å². The SMILES string of the molecule is CCN(CC)CCOc1ccc(CNC(=O)CC(O)(c2nc(C)cs2)C(F)(F)F)cc1OC. The summed E-state index contributed by atoms with van der Waals surface area (Å²) in [4.78, 5) is 18.2. The molecule has 184 valence electrons. The van der Waals surface area contributed by atoms with Crippen LogP contribution in [0, 0.1) is 6.92 Å². The number of aryl methyl sites for hydroxylation is 1. The molecule has 1 aromatic heterocycles. The van der Waals surface area contributed by atoms with Gasteiger partial charge in [-0.3, -0.25) is 4.79 Å². The third kappa shape index (κ3) is 7.05. The first-order valence-corrected chi connectivity index (χ1v) is 11.4. The smallest absolute Gasteiger partial charge is 0.424 e. The molecule has 0 aliphatic carbocycles. The Balaban J connectivity index is 2.01. The molecule has 1 amide bonds. The second-order valence-electron chi connectivity index (χ2n) is 7.47. The number of amides is 1. The number of nitrogens with zero attached hydrogens (tertiary/aromatic N) is 2. The average Bonchev–Trinajstić information content (AvgIpc) is 3.21. The topological polar surface area (TPSA) is 83.9 Å². The van der Waals surface area contributed by atoms with Gasteiger partial charge in [-0.25, -0.2) is 4.98 Å². The van der Waals surface area contributed by atoms with Crippen LogP contribution in [0.3, 0.4) is 0 Å². The van der Waals surface area contributed by atoms with E-state index in [1.807, 2.05) is 0 Å². The van der Waals surface area contributed by atoms with Crippen LogP contribution >= 0.6 is 11.3 Å². The van der Waals surface area contributed by atoms with E-state index in [1.165, 1.54) is 19.4 Å². The molecule has 2 aromatic rings. The molecule has 2 rings (SSSR count). The third-order valence-corrected chi connectivity index (χ3v) is 6.25. The Morgan fingerprint density at radius 3 is 2.48 bits per heavy atom. The standard InChI is InChI=1S/C22H30F3N3O4S/c1-5-28(6-2)9-10-32-17-8-7-16(11-18(17)31-4)13-26-19(29)12-21(30,22(23,24)25)20-27-15(3)14-33-20/h7-8,11,14,30H,5-6,9-10,12-13H2,1-4H3,(H,26,29). The van der Waals surface area contributed by atoms with Gasteiger partial charge in [0.2, 0.25) is 11.5 Å². The fourth-order valence-electron chi connectivity index (χ4n) is 3.10. The number of methoxy groups -OCH3 is 1. The molecule has 7 nitrogen and oxygen atoms in total. The van der Waals surface area contributed by atoms with E-state index in [0.29, 0.717) is 40.7 Å². The summed E-state index contributed by atoms with van der Waals surface area (Å²) >= 11 is 0.663. The van der Waals surface area contributed by atoms with Crippen molar-refractivity contribution in [2.45, 2.75) is 45.5 Å². The Morgan fingerprint density at radius 1 is 1.24 bits per heavy atom. The maximum absolute atomic E-state index is 13.6. The highest BCUT2D eigenvalue weighted by molar-refractivity contribution is 7.09. The average molecular weight is 490 g/mol. The van der Waals surface area contributed by atoms with Gasteiger partial charge in [-0.2, -0.15) is 13.2 Å². The number of alkyl halides is 3. The minimum atomic E-state index is -5.05. The van der Waals surface area contributed by atoms with Crippen molar-refractivity contribution < 1.29 is 32.5 Å².